The van der Waals surface area contributed by atoms with E-state index < -0.39 is 0 Å². The molecule has 1 aliphatic heterocycles. The summed E-state index contributed by atoms with van der Waals surface area (Å²) in [4.78, 5) is 0. The summed E-state index contributed by atoms with van der Waals surface area (Å²) in [6.07, 6.45) is 6.74. The molecule has 0 bridgehead atoms. The van der Waals surface area contributed by atoms with Gasteiger partial charge in [0.1, 0.15) is 12.7 Å². The SMILES string of the molecule is C#CCO[C@H]1COC[C@@H]1OC(=S)SC. The van der Waals surface area contributed by atoms with Crippen LogP contribution < -0.4 is 0 Å². The Morgan fingerprint density at radius 1 is 1.64 bits per heavy atom. The number of hydrogen-bond acceptors (Lipinski definition) is 5. The molecule has 1 heterocycles. The predicted octanol–water partition coefficient (Wildman–Crippen LogP) is 1.07. The summed E-state index contributed by atoms with van der Waals surface area (Å²) < 4.78 is 16.5. The van der Waals surface area contributed by atoms with Gasteiger partial charge in [0, 0.05) is 0 Å². The molecule has 0 N–H and O–H groups in total. The van der Waals surface area contributed by atoms with E-state index in [1.54, 1.807) is 0 Å². The topological polar surface area (TPSA) is 27.7 Å². The van der Waals surface area contributed by atoms with Crippen LogP contribution in [0.15, 0.2) is 0 Å². The van der Waals surface area contributed by atoms with Crippen LogP contribution in [0.25, 0.3) is 0 Å². The van der Waals surface area contributed by atoms with E-state index >= 15 is 0 Å². The third-order valence-electron chi connectivity index (χ3n) is 1.77. The van der Waals surface area contributed by atoms with Crippen LogP contribution in [-0.4, -0.2) is 42.7 Å². The monoisotopic (exact) mass is 232 g/mol. The van der Waals surface area contributed by atoms with Crippen LogP contribution in [0.4, 0.5) is 0 Å². The minimum Gasteiger partial charge on any atom is -0.470 e. The minimum absolute atomic E-state index is 0.101. The smallest absolute Gasteiger partial charge is 0.220 e. The number of thiocarbonyl (C=S) groups is 1. The summed E-state index contributed by atoms with van der Waals surface area (Å²) in [6, 6.07) is 0. The van der Waals surface area contributed by atoms with Crippen LogP contribution in [0, 0.1) is 12.3 Å². The van der Waals surface area contributed by atoms with Crippen molar-refractivity contribution in [2.75, 3.05) is 26.1 Å². The zero-order valence-corrected chi connectivity index (χ0v) is 9.53. The standard InChI is InChI=1S/C9H12O3S2/c1-3-4-11-7-5-10-6-8(7)12-9(13)14-2/h1,7-8H,4-6H2,2H3/t7-,8-/m0/s1. The van der Waals surface area contributed by atoms with Gasteiger partial charge in [0.15, 0.2) is 6.10 Å². The Bertz CT molecular complexity index is 237. The van der Waals surface area contributed by atoms with Gasteiger partial charge in [0.25, 0.3) is 0 Å². The van der Waals surface area contributed by atoms with E-state index in [1.165, 1.54) is 11.8 Å². The maximum Gasteiger partial charge on any atom is 0.220 e. The van der Waals surface area contributed by atoms with Gasteiger partial charge in [0.2, 0.25) is 4.38 Å². The molecule has 0 aliphatic carbocycles. The number of rotatable bonds is 3. The van der Waals surface area contributed by atoms with Crippen molar-refractivity contribution >= 4 is 28.4 Å². The van der Waals surface area contributed by atoms with Crippen molar-refractivity contribution in [2.24, 2.45) is 0 Å². The molecule has 0 unspecified atom stereocenters. The van der Waals surface area contributed by atoms with E-state index in [4.69, 9.17) is 32.9 Å². The highest BCUT2D eigenvalue weighted by atomic mass is 32.2. The molecule has 3 nitrogen and oxygen atoms in total. The fourth-order valence-electron chi connectivity index (χ4n) is 1.11. The Hall–Kier alpha value is -0.280. The molecule has 1 fully saturated rings. The third-order valence-corrected chi connectivity index (χ3v) is 2.80. The zero-order valence-electron chi connectivity index (χ0n) is 7.89. The second-order valence-electron chi connectivity index (χ2n) is 2.70. The molecule has 1 saturated heterocycles. The average Bonchev–Trinajstić information content (AvgIpc) is 2.62. The Morgan fingerprint density at radius 2 is 2.36 bits per heavy atom. The summed E-state index contributed by atoms with van der Waals surface area (Å²) in [7, 11) is 0. The molecule has 5 heteroatoms. The predicted molar refractivity (Wildman–Crippen MR) is 60.4 cm³/mol. The molecule has 0 saturated carbocycles. The van der Waals surface area contributed by atoms with Gasteiger partial charge < -0.3 is 14.2 Å². The van der Waals surface area contributed by atoms with Gasteiger partial charge >= 0.3 is 0 Å². The normalized spacial score (nSPS) is 25.7. The Morgan fingerprint density at radius 3 is 3.00 bits per heavy atom. The van der Waals surface area contributed by atoms with E-state index in [-0.39, 0.29) is 18.8 Å². The van der Waals surface area contributed by atoms with E-state index in [0.29, 0.717) is 17.6 Å². The van der Waals surface area contributed by atoms with Gasteiger partial charge in [-0.25, -0.2) is 0 Å². The Balaban J connectivity index is 2.35. The first kappa shape index (κ1) is 11.8. The maximum absolute atomic E-state index is 5.45. The zero-order chi connectivity index (χ0) is 10.4. The second-order valence-corrected chi connectivity index (χ2v) is 4.11. The fraction of sp³-hybridized carbons (Fsp3) is 0.667. The van der Waals surface area contributed by atoms with E-state index in [2.05, 4.69) is 5.92 Å². The first-order valence-corrected chi connectivity index (χ1v) is 5.78. The number of thioether (sulfide) groups is 1. The van der Waals surface area contributed by atoms with Crippen LogP contribution >= 0.6 is 24.0 Å². The highest BCUT2D eigenvalue weighted by Crippen LogP contribution is 2.16. The highest BCUT2D eigenvalue weighted by Gasteiger charge is 2.31. The lowest BCUT2D eigenvalue weighted by Crippen LogP contribution is -2.31. The quantitative estimate of drug-likeness (QED) is 0.536. The molecular weight excluding hydrogens is 220 g/mol. The Labute approximate surface area is 93.5 Å². The van der Waals surface area contributed by atoms with E-state index in [1.807, 2.05) is 6.26 Å². The van der Waals surface area contributed by atoms with Gasteiger partial charge in [-0.15, -0.1) is 6.42 Å². The summed E-state index contributed by atoms with van der Waals surface area (Å²) >= 11 is 6.34. The van der Waals surface area contributed by atoms with Crippen molar-refractivity contribution in [2.45, 2.75) is 12.2 Å². The van der Waals surface area contributed by atoms with E-state index in [0.717, 1.165) is 0 Å². The fourth-order valence-corrected chi connectivity index (χ4v) is 1.45. The molecule has 14 heavy (non-hydrogen) atoms. The molecular formula is C9H12O3S2. The molecule has 1 rings (SSSR count). The summed E-state index contributed by atoms with van der Waals surface area (Å²) in [5, 5.41) is 0. The largest absolute Gasteiger partial charge is 0.470 e. The molecule has 0 aromatic carbocycles. The summed E-state index contributed by atoms with van der Waals surface area (Å²) in [6.45, 7) is 1.30. The van der Waals surface area contributed by atoms with Gasteiger partial charge in [-0.05, 0) is 18.5 Å². The molecule has 0 spiro atoms. The lowest BCUT2D eigenvalue weighted by atomic mass is 10.2. The van der Waals surface area contributed by atoms with Crippen molar-refractivity contribution in [1.82, 2.24) is 0 Å². The summed E-state index contributed by atoms with van der Waals surface area (Å²) in [5.74, 6) is 2.41. The third kappa shape index (κ3) is 3.46. The molecule has 0 aromatic rings. The minimum atomic E-state index is -0.122. The molecule has 78 valence electrons. The van der Waals surface area contributed by atoms with Gasteiger partial charge in [-0.1, -0.05) is 17.7 Å². The molecule has 1 aliphatic rings. The first-order chi connectivity index (χ1) is 6.77. The average molecular weight is 232 g/mol. The molecule has 0 amide bonds. The number of ether oxygens (including phenoxy) is 3. The van der Waals surface area contributed by atoms with Crippen LogP contribution in [-0.2, 0) is 14.2 Å². The van der Waals surface area contributed by atoms with Crippen molar-refractivity contribution in [1.29, 1.82) is 0 Å². The number of hydrogen-bond donors (Lipinski definition) is 0. The van der Waals surface area contributed by atoms with Gasteiger partial charge in [-0.3, -0.25) is 0 Å². The van der Waals surface area contributed by atoms with Crippen LogP contribution in [0.2, 0.25) is 0 Å². The first-order valence-electron chi connectivity index (χ1n) is 4.15. The highest BCUT2D eigenvalue weighted by molar-refractivity contribution is 8.22. The van der Waals surface area contributed by atoms with Crippen LogP contribution in [0.5, 0.6) is 0 Å². The molecule has 2 atom stereocenters. The van der Waals surface area contributed by atoms with Crippen molar-refractivity contribution in [3.05, 3.63) is 0 Å². The maximum atomic E-state index is 5.45. The lowest BCUT2D eigenvalue weighted by molar-refractivity contribution is 0.0145. The number of terminal acetylenes is 1. The molecule has 0 radical (unpaired) electrons. The van der Waals surface area contributed by atoms with Crippen molar-refractivity contribution in [3.8, 4) is 12.3 Å². The van der Waals surface area contributed by atoms with Crippen LogP contribution in [0.3, 0.4) is 0 Å². The second kappa shape index (κ2) is 6.25. The Kier molecular flexibility index (Phi) is 5.26. The van der Waals surface area contributed by atoms with E-state index in [9.17, 15) is 0 Å². The lowest BCUT2D eigenvalue weighted by Gasteiger charge is -2.18. The van der Waals surface area contributed by atoms with Crippen molar-refractivity contribution in [3.63, 3.8) is 0 Å². The van der Waals surface area contributed by atoms with Gasteiger partial charge in [0.05, 0.1) is 13.2 Å². The summed E-state index contributed by atoms with van der Waals surface area (Å²) in [5.41, 5.74) is 0. The van der Waals surface area contributed by atoms with Crippen LogP contribution in [0.1, 0.15) is 0 Å². The van der Waals surface area contributed by atoms with Gasteiger partial charge in [-0.2, -0.15) is 0 Å². The molecule has 0 aromatic heterocycles. The van der Waals surface area contributed by atoms with Crippen molar-refractivity contribution < 1.29 is 14.2 Å².